The molecule has 1 saturated carbocycles. The molecule has 2 atom stereocenters. The van der Waals surface area contributed by atoms with Crippen molar-refractivity contribution in [2.45, 2.75) is 51.2 Å². The van der Waals surface area contributed by atoms with Gasteiger partial charge in [0.05, 0.1) is 6.10 Å². The van der Waals surface area contributed by atoms with Crippen LogP contribution in [0.15, 0.2) is 24.3 Å². The van der Waals surface area contributed by atoms with E-state index >= 15 is 0 Å². The molecular formula is C15H21ClO2. The molecule has 0 radical (unpaired) electrons. The predicted octanol–water partition coefficient (Wildman–Crippen LogP) is 4.05. The number of benzene rings is 1. The molecule has 2 nitrogen and oxygen atoms in total. The van der Waals surface area contributed by atoms with Crippen molar-refractivity contribution in [3.8, 4) is 5.75 Å². The number of hydrogen-bond donors (Lipinski definition) is 1. The molecule has 1 N–H and O–H groups in total. The SMILES string of the molecule is CC(Oc1cccc(Cl)c1)C(O)CC1CCCC1. The van der Waals surface area contributed by atoms with E-state index in [-0.39, 0.29) is 6.10 Å². The van der Waals surface area contributed by atoms with Crippen molar-refractivity contribution in [1.29, 1.82) is 0 Å². The van der Waals surface area contributed by atoms with Crippen LogP contribution in [0.2, 0.25) is 5.02 Å². The van der Waals surface area contributed by atoms with Crippen molar-refractivity contribution in [2.75, 3.05) is 0 Å². The van der Waals surface area contributed by atoms with Gasteiger partial charge in [-0.2, -0.15) is 0 Å². The Hall–Kier alpha value is -0.730. The number of halogens is 1. The Bertz CT molecular complexity index is 375. The third-order valence-corrected chi connectivity index (χ3v) is 3.94. The molecule has 2 unspecified atom stereocenters. The molecule has 100 valence electrons. The highest BCUT2D eigenvalue weighted by molar-refractivity contribution is 6.30. The maximum absolute atomic E-state index is 10.2. The van der Waals surface area contributed by atoms with Gasteiger partial charge >= 0.3 is 0 Å². The van der Waals surface area contributed by atoms with Crippen molar-refractivity contribution in [3.05, 3.63) is 29.3 Å². The van der Waals surface area contributed by atoms with Crippen LogP contribution in [0.25, 0.3) is 0 Å². The summed E-state index contributed by atoms with van der Waals surface area (Å²) < 4.78 is 5.73. The smallest absolute Gasteiger partial charge is 0.122 e. The standard InChI is InChI=1S/C15H21ClO2/c1-11(15(17)9-12-5-2-3-6-12)18-14-8-4-7-13(16)10-14/h4,7-8,10-12,15,17H,2-3,5-6,9H2,1H3. The highest BCUT2D eigenvalue weighted by Crippen LogP contribution is 2.30. The number of rotatable bonds is 5. The van der Waals surface area contributed by atoms with Crippen molar-refractivity contribution in [1.82, 2.24) is 0 Å². The van der Waals surface area contributed by atoms with Crippen molar-refractivity contribution < 1.29 is 9.84 Å². The number of aliphatic hydroxyl groups is 1. The Kier molecular flexibility index (Phi) is 4.90. The average Bonchev–Trinajstić information content (AvgIpc) is 2.81. The molecule has 0 spiro atoms. The van der Waals surface area contributed by atoms with Gasteiger partial charge in [0.1, 0.15) is 11.9 Å². The molecule has 0 amide bonds. The zero-order chi connectivity index (χ0) is 13.0. The first kappa shape index (κ1) is 13.7. The van der Waals surface area contributed by atoms with Crippen molar-refractivity contribution >= 4 is 11.6 Å². The summed E-state index contributed by atoms with van der Waals surface area (Å²) in [5.41, 5.74) is 0. The molecule has 0 saturated heterocycles. The molecule has 0 aromatic heterocycles. The zero-order valence-electron chi connectivity index (χ0n) is 10.8. The lowest BCUT2D eigenvalue weighted by Crippen LogP contribution is -2.30. The lowest BCUT2D eigenvalue weighted by molar-refractivity contribution is 0.0310. The maximum Gasteiger partial charge on any atom is 0.122 e. The summed E-state index contributed by atoms with van der Waals surface area (Å²) in [6.07, 6.45) is 5.38. The number of aliphatic hydroxyl groups excluding tert-OH is 1. The molecule has 3 heteroatoms. The highest BCUT2D eigenvalue weighted by Gasteiger charge is 2.23. The summed E-state index contributed by atoms with van der Waals surface area (Å²) in [7, 11) is 0. The van der Waals surface area contributed by atoms with E-state index in [9.17, 15) is 5.11 Å². The van der Waals surface area contributed by atoms with Crippen LogP contribution < -0.4 is 4.74 Å². The second kappa shape index (κ2) is 6.44. The van der Waals surface area contributed by atoms with Gasteiger partial charge in [0.2, 0.25) is 0 Å². The van der Waals surface area contributed by atoms with Crippen LogP contribution in [0, 0.1) is 5.92 Å². The lowest BCUT2D eigenvalue weighted by atomic mass is 9.97. The zero-order valence-corrected chi connectivity index (χ0v) is 11.6. The largest absolute Gasteiger partial charge is 0.488 e. The van der Waals surface area contributed by atoms with Crippen LogP contribution in [0.1, 0.15) is 39.0 Å². The quantitative estimate of drug-likeness (QED) is 0.873. The van der Waals surface area contributed by atoms with Crippen molar-refractivity contribution in [2.24, 2.45) is 5.92 Å². The fourth-order valence-corrected chi connectivity index (χ4v) is 2.79. The molecular weight excluding hydrogens is 248 g/mol. The summed E-state index contributed by atoms with van der Waals surface area (Å²) in [5.74, 6) is 1.39. The highest BCUT2D eigenvalue weighted by atomic mass is 35.5. The topological polar surface area (TPSA) is 29.5 Å². The van der Waals surface area contributed by atoms with Crippen molar-refractivity contribution in [3.63, 3.8) is 0 Å². The van der Waals surface area contributed by atoms with E-state index < -0.39 is 6.10 Å². The van der Waals surface area contributed by atoms with Gasteiger partial charge in [-0.3, -0.25) is 0 Å². The second-order valence-corrected chi connectivity index (χ2v) is 5.67. The van der Waals surface area contributed by atoms with Crippen LogP contribution in [-0.4, -0.2) is 17.3 Å². The van der Waals surface area contributed by atoms with E-state index in [0.29, 0.717) is 10.9 Å². The van der Waals surface area contributed by atoms with Gasteiger partial charge < -0.3 is 9.84 Å². The van der Waals surface area contributed by atoms with E-state index in [1.807, 2.05) is 25.1 Å². The molecule has 1 aromatic rings. The van der Waals surface area contributed by atoms with Gasteiger partial charge in [-0.1, -0.05) is 43.4 Å². The third-order valence-electron chi connectivity index (χ3n) is 3.71. The fourth-order valence-electron chi connectivity index (χ4n) is 2.61. The summed E-state index contributed by atoms with van der Waals surface area (Å²) in [6, 6.07) is 7.31. The average molecular weight is 269 g/mol. The summed E-state index contributed by atoms with van der Waals surface area (Å²) in [6.45, 7) is 1.92. The van der Waals surface area contributed by atoms with E-state index in [0.717, 1.165) is 12.2 Å². The molecule has 1 aliphatic rings. The van der Waals surface area contributed by atoms with Gasteiger partial charge in [-0.25, -0.2) is 0 Å². The van der Waals surface area contributed by atoms with E-state index in [1.165, 1.54) is 25.7 Å². The summed E-state index contributed by atoms with van der Waals surface area (Å²) >= 11 is 5.90. The summed E-state index contributed by atoms with van der Waals surface area (Å²) in [4.78, 5) is 0. The first-order valence-electron chi connectivity index (χ1n) is 6.75. The Morgan fingerprint density at radius 3 is 2.78 bits per heavy atom. The Morgan fingerprint density at radius 2 is 2.11 bits per heavy atom. The monoisotopic (exact) mass is 268 g/mol. The number of ether oxygens (including phenoxy) is 1. The van der Waals surface area contributed by atoms with Crippen LogP contribution in [0.5, 0.6) is 5.75 Å². The van der Waals surface area contributed by atoms with Gasteiger partial charge in [0, 0.05) is 5.02 Å². The normalized spacial score (nSPS) is 19.7. The molecule has 0 heterocycles. The van der Waals surface area contributed by atoms with Crippen LogP contribution >= 0.6 is 11.6 Å². The minimum Gasteiger partial charge on any atom is -0.488 e. The summed E-state index contributed by atoms with van der Waals surface area (Å²) in [5, 5.41) is 10.8. The van der Waals surface area contributed by atoms with E-state index in [2.05, 4.69) is 0 Å². The lowest BCUT2D eigenvalue weighted by Gasteiger charge is -2.23. The molecule has 1 aliphatic carbocycles. The first-order valence-corrected chi connectivity index (χ1v) is 7.13. The van der Waals surface area contributed by atoms with Gasteiger partial charge in [-0.05, 0) is 37.5 Å². The Labute approximate surface area is 114 Å². The minimum absolute atomic E-state index is 0.191. The molecule has 1 aromatic carbocycles. The molecule has 18 heavy (non-hydrogen) atoms. The first-order chi connectivity index (χ1) is 8.65. The third kappa shape index (κ3) is 3.89. The van der Waals surface area contributed by atoms with Crippen LogP contribution in [0.3, 0.4) is 0 Å². The molecule has 0 bridgehead atoms. The van der Waals surface area contributed by atoms with Gasteiger partial charge in [-0.15, -0.1) is 0 Å². The Balaban J connectivity index is 1.84. The maximum atomic E-state index is 10.2. The van der Waals surface area contributed by atoms with E-state index in [1.54, 1.807) is 6.07 Å². The van der Waals surface area contributed by atoms with Crippen LogP contribution in [-0.2, 0) is 0 Å². The molecule has 1 fully saturated rings. The molecule has 2 rings (SSSR count). The second-order valence-electron chi connectivity index (χ2n) is 5.23. The number of hydrogen-bond acceptors (Lipinski definition) is 2. The Morgan fingerprint density at radius 1 is 1.39 bits per heavy atom. The minimum atomic E-state index is -0.396. The van der Waals surface area contributed by atoms with Gasteiger partial charge in [0.15, 0.2) is 0 Å². The van der Waals surface area contributed by atoms with E-state index in [4.69, 9.17) is 16.3 Å². The van der Waals surface area contributed by atoms with Gasteiger partial charge in [0.25, 0.3) is 0 Å². The fraction of sp³-hybridized carbons (Fsp3) is 0.600. The van der Waals surface area contributed by atoms with Crippen LogP contribution in [0.4, 0.5) is 0 Å². The molecule has 0 aliphatic heterocycles. The predicted molar refractivity (Wildman–Crippen MR) is 74.1 cm³/mol.